The Balaban J connectivity index is 3.22. The summed E-state index contributed by atoms with van der Waals surface area (Å²) in [5.74, 6) is 2.59. The van der Waals surface area contributed by atoms with Crippen molar-refractivity contribution in [2.75, 3.05) is 12.8 Å². The van der Waals surface area contributed by atoms with Crippen molar-refractivity contribution in [2.24, 2.45) is 10.9 Å². The molecule has 0 saturated carbocycles. The van der Waals surface area contributed by atoms with E-state index in [2.05, 4.69) is 12.8 Å². The van der Waals surface area contributed by atoms with Crippen LogP contribution in [-0.2, 0) is 14.3 Å². The van der Waals surface area contributed by atoms with Crippen molar-refractivity contribution < 1.29 is 19.4 Å². The number of carbonyl (C=O) groups excluding carboxylic acids is 1. The van der Waals surface area contributed by atoms with Crippen LogP contribution in [0.2, 0.25) is 0 Å². The molecule has 0 amide bonds. The number of anilines is 1. The summed E-state index contributed by atoms with van der Waals surface area (Å²) in [6, 6.07) is 5.08. The van der Waals surface area contributed by atoms with Gasteiger partial charge in [-0.15, -0.1) is 6.42 Å². The minimum absolute atomic E-state index is 0.0450. The van der Waals surface area contributed by atoms with E-state index in [0.29, 0.717) is 40.4 Å². The third-order valence-electron chi connectivity index (χ3n) is 5.20. The number of terminal acetylenes is 1. The first kappa shape index (κ1) is 30.4. The van der Waals surface area contributed by atoms with Gasteiger partial charge in [-0.3, -0.25) is 4.79 Å². The molecule has 0 aliphatic rings. The Hall–Kier alpha value is -2.59. The van der Waals surface area contributed by atoms with E-state index in [4.69, 9.17) is 38.2 Å². The van der Waals surface area contributed by atoms with Gasteiger partial charge in [0.05, 0.1) is 17.1 Å². The van der Waals surface area contributed by atoms with E-state index in [1.165, 1.54) is 7.11 Å². The van der Waals surface area contributed by atoms with Crippen LogP contribution in [0.4, 0.5) is 11.4 Å². The van der Waals surface area contributed by atoms with Crippen LogP contribution in [0.3, 0.4) is 0 Å². The van der Waals surface area contributed by atoms with E-state index >= 15 is 0 Å². The SMILES string of the molecule is C#C/C(=C\C=C(/C)Cl)C(=Nc1ccc(C(O)OC)cc1N)C(CC)CCCCC(=O)OC(C)(C)C. The number of aliphatic hydroxyl groups is 1. The zero-order valence-electron chi connectivity index (χ0n) is 21.7. The van der Waals surface area contributed by atoms with Crippen molar-refractivity contribution in [3.63, 3.8) is 0 Å². The van der Waals surface area contributed by atoms with Crippen LogP contribution in [-0.4, -0.2) is 29.5 Å². The molecule has 0 radical (unpaired) electrons. The smallest absolute Gasteiger partial charge is 0.306 e. The molecule has 3 N–H and O–H groups in total. The van der Waals surface area contributed by atoms with Crippen molar-refractivity contribution in [3.05, 3.63) is 46.5 Å². The monoisotopic (exact) mass is 502 g/mol. The molecule has 1 aromatic carbocycles. The number of nitrogens with zero attached hydrogens (tertiary/aromatic N) is 1. The van der Waals surface area contributed by atoms with Crippen LogP contribution in [0.15, 0.2) is 45.9 Å². The number of nitrogens with two attached hydrogens (primary N) is 1. The summed E-state index contributed by atoms with van der Waals surface area (Å²) in [5, 5.41) is 10.5. The van der Waals surface area contributed by atoms with Crippen LogP contribution in [0.25, 0.3) is 0 Å². The quantitative estimate of drug-likeness (QED) is 0.0637. The number of halogens is 1. The van der Waals surface area contributed by atoms with E-state index in [1.54, 1.807) is 37.3 Å². The summed E-state index contributed by atoms with van der Waals surface area (Å²) in [5.41, 5.74) is 8.58. The number of hydrogen-bond donors (Lipinski definition) is 2. The van der Waals surface area contributed by atoms with E-state index in [9.17, 15) is 9.90 Å². The van der Waals surface area contributed by atoms with Gasteiger partial charge in [0.2, 0.25) is 0 Å². The van der Waals surface area contributed by atoms with E-state index in [0.717, 1.165) is 25.0 Å². The Morgan fingerprint density at radius 3 is 2.51 bits per heavy atom. The van der Waals surface area contributed by atoms with Crippen molar-refractivity contribution >= 4 is 34.7 Å². The number of hydrogen-bond acceptors (Lipinski definition) is 6. The number of ether oxygens (including phenoxy) is 2. The maximum Gasteiger partial charge on any atom is 0.306 e. The van der Waals surface area contributed by atoms with Gasteiger partial charge in [-0.25, -0.2) is 4.99 Å². The second kappa shape index (κ2) is 14.7. The lowest BCUT2D eigenvalue weighted by Gasteiger charge is -2.20. The molecule has 1 rings (SSSR count). The molecule has 0 aliphatic carbocycles. The topological polar surface area (TPSA) is 94.1 Å². The van der Waals surface area contributed by atoms with Crippen LogP contribution in [0.1, 0.15) is 78.6 Å². The number of carbonyl (C=O) groups is 1. The molecule has 7 heteroatoms. The number of rotatable bonds is 12. The molecule has 0 bridgehead atoms. The van der Waals surface area contributed by atoms with E-state index < -0.39 is 11.9 Å². The summed E-state index contributed by atoms with van der Waals surface area (Å²) in [6.07, 6.45) is 11.8. The first-order valence-corrected chi connectivity index (χ1v) is 12.2. The van der Waals surface area contributed by atoms with E-state index in [1.807, 2.05) is 20.8 Å². The van der Waals surface area contributed by atoms with Gasteiger partial charge in [0.25, 0.3) is 0 Å². The first-order chi connectivity index (χ1) is 16.4. The number of esters is 1. The van der Waals surface area contributed by atoms with Crippen LogP contribution in [0, 0.1) is 18.3 Å². The highest BCUT2D eigenvalue weighted by molar-refractivity contribution is 6.29. The highest BCUT2D eigenvalue weighted by Crippen LogP contribution is 2.30. The average Bonchev–Trinajstić information content (AvgIpc) is 2.78. The number of aliphatic imine (C=N–C) groups is 1. The number of aliphatic hydroxyl groups excluding tert-OH is 1. The maximum absolute atomic E-state index is 12.0. The van der Waals surface area contributed by atoms with Gasteiger partial charge in [0.1, 0.15) is 5.60 Å². The molecule has 35 heavy (non-hydrogen) atoms. The van der Waals surface area contributed by atoms with Crippen LogP contribution < -0.4 is 5.73 Å². The fourth-order valence-electron chi connectivity index (χ4n) is 3.46. The molecule has 0 spiro atoms. The molecular formula is C28H39ClN2O4. The average molecular weight is 503 g/mol. The standard InChI is InChI=1S/C28H39ClN2O4/c1-8-20(12-10-11-13-25(32)35-28(4,5)6)26(21(9-2)15-14-19(3)29)31-24-17-16-22(18-23(24)30)27(33)34-7/h2,14-18,20,27,33H,8,10-13,30H2,1,3-7H3/b19-14+,21-15+,31-26?. The van der Waals surface area contributed by atoms with Gasteiger partial charge in [0, 0.05) is 35.6 Å². The fraction of sp³-hybridized carbons (Fsp3) is 0.500. The molecule has 0 saturated heterocycles. The maximum atomic E-state index is 12.0. The van der Waals surface area contributed by atoms with Crippen molar-refractivity contribution in [3.8, 4) is 12.3 Å². The van der Waals surface area contributed by atoms with Crippen LogP contribution >= 0.6 is 11.6 Å². The zero-order chi connectivity index (χ0) is 26.6. The Kier molecular flexibility index (Phi) is 12.8. The summed E-state index contributed by atoms with van der Waals surface area (Å²) in [4.78, 5) is 16.9. The Morgan fingerprint density at radius 2 is 2.00 bits per heavy atom. The Labute approximate surface area is 215 Å². The highest BCUT2D eigenvalue weighted by atomic mass is 35.5. The molecular weight excluding hydrogens is 464 g/mol. The largest absolute Gasteiger partial charge is 0.460 e. The van der Waals surface area contributed by atoms with Gasteiger partial charge >= 0.3 is 5.97 Å². The summed E-state index contributed by atoms with van der Waals surface area (Å²) < 4.78 is 10.4. The lowest BCUT2D eigenvalue weighted by atomic mass is 9.89. The third kappa shape index (κ3) is 11.1. The predicted molar refractivity (Wildman–Crippen MR) is 145 cm³/mol. The molecule has 0 heterocycles. The van der Waals surface area contributed by atoms with E-state index in [-0.39, 0.29) is 11.9 Å². The van der Waals surface area contributed by atoms with Gasteiger partial charge in [-0.2, -0.15) is 0 Å². The zero-order valence-corrected chi connectivity index (χ0v) is 22.5. The number of methoxy groups -OCH3 is 1. The molecule has 0 aromatic heterocycles. The Bertz CT molecular complexity index is 980. The molecule has 0 aliphatic heterocycles. The fourth-order valence-corrected chi connectivity index (χ4v) is 3.52. The van der Waals surface area contributed by atoms with Gasteiger partial charge < -0.3 is 20.3 Å². The minimum Gasteiger partial charge on any atom is -0.460 e. The molecule has 2 atom stereocenters. The lowest BCUT2D eigenvalue weighted by Crippen LogP contribution is -2.23. The number of unbranched alkanes of at least 4 members (excludes halogenated alkanes) is 1. The number of benzene rings is 1. The molecule has 1 aromatic rings. The number of nitrogen functional groups attached to an aromatic ring is 1. The predicted octanol–water partition coefficient (Wildman–Crippen LogP) is 6.61. The van der Waals surface area contributed by atoms with Gasteiger partial charge in [-0.1, -0.05) is 36.9 Å². The molecule has 192 valence electrons. The number of allylic oxidation sites excluding steroid dienone is 4. The van der Waals surface area contributed by atoms with Gasteiger partial charge in [-0.05, 0) is 71.2 Å². The van der Waals surface area contributed by atoms with Crippen LogP contribution in [0.5, 0.6) is 0 Å². The first-order valence-electron chi connectivity index (χ1n) is 11.8. The summed E-state index contributed by atoms with van der Waals surface area (Å²) >= 11 is 6.03. The van der Waals surface area contributed by atoms with Crippen molar-refractivity contribution in [1.82, 2.24) is 0 Å². The van der Waals surface area contributed by atoms with Gasteiger partial charge in [0.15, 0.2) is 6.29 Å². The Morgan fingerprint density at radius 1 is 1.31 bits per heavy atom. The second-order valence-electron chi connectivity index (χ2n) is 9.32. The van der Waals surface area contributed by atoms with Crippen molar-refractivity contribution in [1.29, 1.82) is 0 Å². The summed E-state index contributed by atoms with van der Waals surface area (Å²) in [7, 11) is 1.41. The minimum atomic E-state index is -1.07. The summed E-state index contributed by atoms with van der Waals surface area (Å²) in [6.45, 7) is 9.43. The third-order valence-corrected chi connectivity index (χ3v) is 5.32. The highest BCUT2D eigenvalue weighted by Gasteiger charge is 2.20. The second-order valence-corrected chi connectivity index (χ2v) is 9.92. The molecule has 6 nitrogen and oxygen atoms in total. The molecule has 0 fully saturated rings. The van der Waals surface area contributed by atoms with Crippen molar-refractivity contribution in [2.45, 2.75) is 78.6 Å². The molecule has 2 unspecified atom stereocenters. The lowest BCUT2D eigenvalue weighted by molar-refractivity contribution is -0.154. The normalized spacial score (nSPS) is 14.9.